The maximum absolute atomic E-state index is 13.2. The number of carbonyl (C=O) groups excluding carboxylic acids is 2. The Balaban J connectivity index is 1.59. The number of carbonyl (C=O) groups is 2. The zero-order valence-electron chi connectivity index (χ0n) is 15.8. The van der Waals surface area contributed by atoms with Crippen molar-refractivity contribution < 1.29 is 14.7 Å². The minimum absolute atomic E-state index is 0.00844. The molecule has 2 N–H and O–H groups in total. The lowest BCUT2D eigenvalue weighted by Gasteiger charge is -2.48. The highest BCUT2D eigenvalue weighted by atomic mass is 16.3. The number of aryl methyl sites for hydroxylation is 1. The van der Waals surface area contributed by atoms with E-state index in [1.165, 1.54) is 11.1 Å². The molecule has 5 atom stereocenters. The molecule has 3 aliphatic rings. The molecule has 1 aromatic carbocycles. The molecule has 3 aliphatic carbocycles. The molecule has 4 heteroatoms. The van der Waals surface area contributed by atoms with E-state index in [0.29, 0.717) is 42.3 Å². The lowest BCUT2D eigenvalue weighted by Crippen LogP contribution is -2.42. The molecule has 2 fully saturated rings. The van der Waals surface area contributed by atoms with Crippen molar-refractivity contribution in [2.45, 2.75) is 58.3 Å². The van der Waals surface area contributed by atoms with Crippen LogP contribution in [-0.2, 0) is 16.0 Å². The summed E-state index contributed by atoms with van der Waals surface area (Å²) in [4.78, 5) is 25.2. The number of hydrogen-bond acceptors (Lipinski definition) is 3. The van der Waals surface area contributed by atoms with Crippen molar-refractivity contribution in [3.05, 3.63) is 29.3 Å². The first-order chi connectivity index (χ1) is 12.4. The molecule has 0 heterocycles. The van der Waals surface area contributed by atoms with E-state index in [-0.39, 0.29) is 17.2 Å². The quantitative estimate of drug-likeness (QED) is 0.871. The van der Waals surface area contributed by atoms with Crippen LogP contribution in [0.5, 0.6) is 5.75 Å². The van der Waals surface area contributed by atoms with Gasteiger partial charge in [0.05, 0.1) is 0 Å². The average Bonchev–Trinajstić information content (AvgIpc) is 2.86. The number of hydrogen-bond donors (Lipinski definition) is 2. The van der Waals surface area contributed by atoms with E-state index in [1.807, 2.05) is 13.0 Å². The van der Waals surface area contributed by atoms with Gasteiger partial charge in [-0.15, -0.1) is 0 Å². The second-order valence-electron chi connectivity index (χ2n) is 8.71. The number of rotatable bonds is 3. The zero-order valence-corrected chi connectivity index (χ0v) is 15.8. The molecule has 26 heavy (non-hydrogen) atoms. The number of aromatic hydroxyl groups is 1. The Morgan fingerprint density at radius 3 is 2.92 bits per heavy atom. The van der Waals surface area contributed by atoms with Gasteiger partial charge in [0.25, 0.3) is 0 Å². The molecule has 4 rings (SSSR count). The van der Waals surface area contributed by atoms with Gasteiger partial charge < -0.3 is 10.4 Å². The van der Waals surface area contributed by atoms with Crippen molar-refractivity contribution in [1.82, 2.24) is 5.32 Å². The highest BCUT2D eigenvalue weighted by Crippen LogP contribution is 2.61. The largest absolute Gasteiger partial charge is 0.508 e. The van der Waals surface area contributed by atoms with E-state index in [1.54, 1.807) is 6.07 Å². The summed E-state index contributed by atoms with van der Waals surface area (Å²) in [5.74, 6) is 1.97. The van der Waals surface area contributed by atoms with Crippen LogP contribution in [0.2, 0.25) is 0 Å². The molecular weight excluding hydrogens is 326 g/mol. The smallest absolute Gasteiger partial charge is 0.220 e. The molecule has 0 bridgehead atoms. The van der Waals surface area contributed by atoms with Gasteiger partial charge in [-0.2, -0.15) is 0 Å². The molecule has 1 amide bonds. The summed E-state index contributed by atoms with van der Waals surface area (Å²) in [6.45, 7) is 4.69. The number of phenolic OH excluding ortho intramolecular Hbond substituents is 1. The summed E-state index contributed by atoms with van der Waals surface area (Å²) in [5.41, 5.74) is 2.39. The Bertz CT molecular complexity index is 743. The fourth-order valence-corrected chi connectivity index (χ4v) is 6.18. The second kappa shape index (κ2) is 6.40. The molecule has 1 unspecified atom stereocenters. The summed E-state index contributed by atoms with van der Waals surface area (Å²) in [6, 6.07) is 5.80. The molecule has 2 saturated carbocycles. The van der Waals surface area contributed by atoms with Crippen LogP contribution >= 0.6 is 0 Å². The van der Waals surface area contributed by atoms with Gasteiger partial charge in [0, 0.05) is 24.3 Å². The fourth-order valence-electron chi connectivity index (χ4n) is 6.18. The highest BCUT2D eigenvalue weighted by Gasteiger charge is 2.58. The Hall–Kier alpha value is -1.84. The van der Waals surface area contributed by atoms with Crippen LogP contribution in [-0.4, -0.2) is 23.3 Å². The van der Waals surface area contributed by atoms with Crippen molar-refractivity contribution in [2.75, 3.05) is 6.54 Å². The molecule has 0 radical (unpaired) electrons. The number of fused-ring (bicyclic) bond motifs is 5. The van der Waals surface area contributed by atoms with Gasteiger partial charge in [-0.25, -0.2) is 0 Å². The van der Waals surface area contributed by atoms with Crippen LogP contribution in [0.1, 0.15) is 63.0 Å². The summed E-state index contributed by atoms with van der Waals surface area (Å²) in [7, 11) is 0. The van der Waals surface area contributed by atoms with Gasteiger partial charge in [-0.1, -0.05) is 13.0 Å². The topological polar surface area (TPSA) is 66.4 Å². The highest BCUT2D eigenvalue weighted by molar-refractivity contribution is 5.93. The third-order valence-electron chi connectivity index (χ3n) is 7.38. The van der Waals surface area contributed by atoms with Gasteiger partial charge >= 0.3 is 0 Å². The van der Waals surface area contributed by atoms with Crippen molar-refractivity contribution in [3.63, 3.8) is 0 Å². The molecule has 0 aliphatic heterocycles. The zero-order chi connectivity index (χ0) is 18.5. The molecule has 1 aromatic rings. The number of phenols is 1. The van der Waals surface area contributed by atoms with Crippen molar-refractivity contribution in [3.8, 4) is 5.75 Å². The van der Waals surface area contributed by atoms with Crippen LogP contribution < -0.4 is 5.32 Å². The van der Waals surface area contributed by atoms with Crippen molar-refractivity contribution >= 4 is 11.7 Å². The summed E-state index contributed by atoms with van der Waals surface area (Å²) < 4.78 is 0. The van der Waals surface area contributed by atoms with Crippen LogP contribution in [0.3, 0.4) is 0 Å². The summed E-state index contributed by atoms with van der Waals surface area (Å²) >= 11 is 0. The Morgan fingerprint density at radius 2 is 2.15 bits per heavy atom. The number of Topliss-reactive ketones (excluding diaryl/α,β-unsaturated/α-hetero) is 1. The fraction of sp³-hybridized carbons (Fsp3) is 0.636. The van der Waals surface area contributed by atoms with Crippen LogP contribution in [0, 0.1) is 23.2 Å². The van der Waals surface area contributed by atoms with Gasteiger partial charge in [-0.3, -0.25) is 9.59 Å². The first-order valence-corrected chi connectivity index (χ1v) is 10.1. The lowest BCUT2D eigenvalue weighted by molar-refractivity contribution is -0.134. The molecule has 0 aromatic heterocycles. The summed E-state index contributed by atoms with van der Waals surface area (Å²) in [6.07, 6.45) is 5.23. The van der Waals surface area contributed by atoms with Crippen molar-refractivity contribution in [1.29, 1.82) is 0 Å². The number of ketones is 1. The Labute approximate surface area is 155 Å². The third-order valence-corrected chi connectivity index (χ3v) is 7.38. The Morgan fingerprint density at radius 1 is 1.35 bits per heavy atom. The van der Waals surface area contributed by atoms with Crippen LogP contribution in [0.4, 0.5) is 0 Å². The molecule has 4 nitrogen and oxygen atoms in total. The van der Waals surface area contributed by atoms with E-state index in [0.717, 1.165) is 32.1 Å². The van der Waals surface area contributed by atoms with Gasteiger partial charge in [0.2, 0.25) is 5.91 Å². The van der Waals surface area contributed by atoms with E-state index in [4.69, 9.17) is 0 Å². The van der Waals surface area contributed by atoms with Crippen molar-refractivity contribution in [2.24, 2.45) is 23.2 Å². The van der Waals surface area contributed by atoms with E-state index in [2.05, 4.69) is 18.3 Å². The van der Waals surface area contributed by atoms with Gasteiger partial charge in [0.1, 0.15) is 11.5 Å². The molecular formula is C22H29NO3. The summed E-state index contributed by atoms with van der Waals surface area (Å²) in [5, 5.41) is 12.6. The number of benzene rings is 1. The predicted molar refractivity (Wildman–Crippen MR) is 99.9 cm³/mol. The third kappa shape index (κ3) is 2.65. The normalized spacial score (nSPS) is 35.4. The van der Waals surface area contributed by atoms with Crippen LogP contribution in [0.25, 0.3) is 0 Å². The lowest BCUT2D eigenvalue weighted by atomic mass is 9.55. The minimum Gasteiger partial charge on any atom is -0.508 e. The number of amides is 1. The van der Waals surface area contributed by atoms with E-state index in [9.17, 15) is 14.7 Å². The standard InChI is InChI=1S/C22H29NO3/c1-3-23-20(25)12-14-11-19-18-6-4-13-10-15(24)5-7-16(13)17(18)8-9-22(19,2)21(14)26/h5,7,10,14,17-19,24H,3-4,6,8-9,11-12H2,1-2H3,(H,23,25)/t14?,17-,18-,19+,22+/m1/s1. The molecule has 140 valence electrons. The van der Waals surface area contributed by atoms with Gasteiger partial charge in [0.15, 0.2) is 0 Å². The van der Waals surface area contributed by atoms with Gasteiger partial charge in [-0.05, 0) is 80.0 Å². The van der Waals surface area contributed by atoms with Crippen LogP contribution in [0.15, 0.2) is 18.2 Å². The number of nitrogens with one attached hydrogen (secondary N) is 1. The monoisotopic (exact) mass is 355 g/mol. The maximum Gasteiger partial charge on any atom is 0.220 e. The Kier molecular flexibility index (Phi) is 4.32. The van der Waals surface area contributed by atoms with E-state index < -0.39 is 0 Å². The maximum atomic E-state index is 13.2. The SMILES string of the molecule is CCNC(=O)CC1C[C@H]2[C@@H]3CCc4cc(O)ccc4[C@H]3CC[C@]2(C)C1=O. The molecule has 0 saturated heterocycles. The van der Waals surface area contributed by atoms with E-state index >= 15 is 0 Å². The first kappa shape index (κ1) is 17.6. The molecule has 0 spiro atoms. The minimum atomic E-state index is -0.257. The average molecular weight is 355 g/mol. The predicted octanol–water partition coefficient (Wildman–Crippen LogP) is 3.57. The second-order valence-corrected chi connectivity index (χ2v) is 8.71. The first-order valence-electron chi connectivity index (χ1n) is 10.1.